The van der Waals surface area contributed by atoms with Gasteiger partial charge in [0.25, 0.3) is 0 Å². The molecular weight excluding hydrogens is 372 g/mol. The SMILES string of the molecule is NS(=O)(=O)c1ccc(CCC(=O)Nc2ccc3c(c2)Cc2ccccc2-3)cc1. The van der Waals surface area contributed by atoms with E-state index in [-0.39, 0.29) is 10.8 Å². The second-order valence-electron chi connectivity index (χ2n) is 6.94. The van der Waals surface area contributed by atoms with Crippen LogP contribution in [0, 0.1) is 0 Å². The predicted molar refractivity (Wildman–Crippen MR) is 109 cm³/mol. The average Bonchev–Trinajstić information content (AvgIpc) is 3.04. The fourth-order valence-electron chi connectivity index (χ4n) is 3.55. The number of sulfonamides is 1. The Morgan fingerprint density at radius 1 is 0.929 bits per heavy atom. The van der Waals surface area contributed by atoms with Crippen molar-refractivity contribution in [1.29, 1.82) is 0 Å². The van der Waals surface area contributed by atoms with E-state index in [9.17, 15) is 13.2 Å². The molecule has 0 unspecified atom stereocenters. The Morgan fingerprint density at radius 3 is 2.39 bits per heavy atom. The smallest absolute Gasteiger partial charge is 0.238 e. The van der Waals surface area contributed by atoms with Crippen LogP contribution in [-0.2, 0) is 27.7 Å². The summed E-state index contributed by atoms with van der Waals surface area (Å²) in [4.78, 5) is 12.4. The van der Waals surface area contributed by atoms with Crippen LogP contribution in [0.25, 0.3) is 11.1 Å². The van der Waals surface area contributed by atoms with Crippen LogP contribution >= 0.6 is 0 Å². The van der Waals surface area contributed by atoms with Gasteiger partial charge >= 0.3 is 0 Å². The third-order valence-electron chi connectivity index (χ3n) is 4.97. The molecule has 142 valence electrons. The van der Waals surface area contributed by atoms with Crippen molar-refractivity contribution in [2.45, 2.75) is 24.2 Å². The van der Waals surface area contributed by atoms with Gasteiger partial charge in [0.05, 0.1) is 4.90 Å². The average molecular weight is 392 g/mol. The number of aryl methyl sites for hydroxylation is 1. The molecule has 1 amide bonds. The van der Waals surface area contributed by atoms with E-state index in [1.807, 2.05) is 24.3 Å². The van der Waals surface area contributed by atoms with Gasteiger partial charge in [-0.1, -0.05) is 42.5 Å². The molecule has 0 bridgehead atoms. The topological polar surface area (TPSA) is 89.3 Å². The first-order valence-corrected chi connectivity index (χ1v) is 10.6. The van der Waals surface area contributed by atoms with E-state index in [0.29, 0.717) is 12.8 Å². The molecule has 1 aliphatic carbocycles. The van der Waals surface area contributed by atoms with Crippen molar-refractivity contribution in [2.24, 2.45) is 5.14 Å². The number of benzene rings is 3. The van der Waals surface area contributed by atoms with Crippen molar-refractivity contribution >= 4 is 21.6 Å². The molecule has 5 nitrogen and oxygen atoms in total. The largest absolute Gasteiger partial charge is 0.326 e. The number of nitrogens with two attached hydrogens (primary N) is 1. The van der Waals surface area contributed by atoms with E-state index >= 15 is 0 Å². The lowest BCUT2D eigenvalue weighted by molar-refractivity contribution is -0.116. The number of rotatable bonds is 5. The minimum atomic E-state index is -3.70. The molecule has 3 aromatic rings. The van der Waals surface area contributed by atoms with Gasteiger partial charge < -0.3 is 5.32 Å². The molecule has 0 aliphatic heterocycles. The van der Waals surface area contributed by atoms with E-state index < -0.39 is 10.0 Å². The molecule has 0 saturated carbocycles. The lowest BCUT2D eigenvalue weighted by Gasteiger charge is -2.08. The molecule has 0 aromatic heterocycles. The summed E-state index contributed by atoms with van der Waals surface area (Å²) in [6.07, 6.45) is 1.71. The first-order valence-electron chi connectivity index (χ1n) is 9.03. The maximum atomic E-state index is 12.3. The van der Waals surface area contributed by atoms with Crippen molar-refractivity contribution in [3.05, 3.63) is 83.4 Å². The first kappa shape index (κ1) is 18.4. The molecule has 0 saturated heterocycles. The molecule has 0 atom stereocenters. The summed E-state index contributed by atoms with van der Waals surface area (Å²) in [5.41, 5.74) is 6.69. The number of carbonyl (C=O) groups is 1. The molecule has 0 radical (unpaired) electrons. The number of anilines is 1. The molecule has 0 heterocycles. The van der Waals surface area contributed by atoms with E-state index in [0.717, 1.165) is 17.7 Å². The molecule has 4 rings (SSSR count). The summed E-state index contributed by atoms with van der Waals surface area (Å²) in [5, 5.41) is 8.04. The van der Waals surface area contributed by atoms with Gasteiger partial charge in [0.2, 0.25) is 15.9 Å². The highest BCUT2D eigenvalue weighted by molar-refractivity contribution is 7.89. The number of primary sulfonamides is 1. The lowest BCUT2D eigenvalue weighted by atomic mass is 10.1. The van der Waals surface area contributed by atoms with E-state index in [2.05, 4.69) is 23.5 Å². The first-order chi connectivity index (χ1) is 13.4. The van der Waals surface area contributed by atoms with Crippen LogP contribution < -0.4 is 10.5 Å². The molecule has 6 heteroatoms. The monoisotopic (exact) mass is 392 g/mol. The van der Waals surface area contributed by atoms with E-state index in [1.165, 1.54) is 34.4 Å². The minimum absolute atomic E-state index is 0.0693. The van der Waals surface area contributed by atoms with E-state index in [4.69, 9.17) is 5.14 Å². The Labute approximate surface area is 164 Å². The van der Waals surface area contributed by atoms with Gasteiger partial charge in [-0.15, -0.1) is 0 Å². The quantitative estimate of drug-likeness (QED) is 0.545. The highest BCUT2D eigenvalue weighted by Gasteiger charge is 2.18. The third kappa shape index (κ3) is 3.83. The Morgan fingerprint density at radius 2 is 1.64 bits per heavy atom. The summed E-state index contributed by atoms with van der Waals surface area (Å²) in [7, 11) is -3.70. The summed E-state index contributed by atoms with van der Waals surface area (Å²) < 4.78 is 22.6. The van der Waals surface area contributed by atoms with Crippen LogP contribution in [0.1, 0.15) is 23.1 Å². The van der Waals surface area contributed by atoms with Crippen molar-refractivity contribution in [3.63, 3.8) is 0 Å². The molecule has 3 N–H and O–H groups in total. The summed E-state index contributed by atoms with van der Waals surface area (Å²) >= 11 is 0. The molecule has 0 spiro atoms. The van der Waals surface area contributed by atoms with E-state index in [1.54, 1.807) is 12.1 Å². The van der Waals surface area contributed by atoms with Gasteiger partial charge in [-0.3, -0.25) is 4.79 Å². The van der Waals surface area contributed by atoms with Crippen LogP contribution in [0.4, 0.5) is 5.69 Å². The fourth-order valence-corrected chi connectivity index (χ4v) is 4.07. The Bertz CT molecular complexity index is 1150. The molecule has 3 aromatic carbocycles. The van der Waals surface area contributed by atoms with Crippen molar-refractivity contribution in [1.82, 2.24) is 0 Å². The zero-order chi connectivity index (χ0) is 19.7. The normalized spacial score (nSPS) is 12.3. The van der Waals surface area contributed by atoms with Gasteiger partial charge in [0, 0.05) is 12.1 Å². The molecular formula is C22H20N2O3S. The zero-order valence-corrected chi connectivity index (χ0v) is 16.0. The van der Waals surface area contributed by atoms with Gasteiger partial charge in [-0.05, 0) is 64.9 Å². The number of nitrogens with one attached hydrogen (secondary N) is 1. The summed E-state index contributed by atoms with van der Waals surface area (Å²) in [6, 6.07) is 20.6. The van der Waals surface area contributed by atoms with Crippen LogP contribution in [0.2, 0.25) is 0 Å². The zero-order valence-electron chi connectivity index (χ0n) is 15.2. The van der Waals surface area contributed by atoms with Gasteiger partial charge in [-0.25, -0.2) is 13.6 Å². The van der Waals surface area contributed by atoms with Gasteiger partial charge in [-0.2, -0.15) is 0 Å². The summed E-state index contributed by atoms with van der Waals surface area (Å²) in [6.45, 7) is 0. The van der Waals surface area contributed by atoms with Crippen LogP contribution in [0.5, 0.6) is 0 Å². The third-order valence-corrected chi connectivity index (χ3v) is 5.90. The second kappa shape index (κ2) is 7.22. The van der Waals surface area contributed by atoms with Crippen molar-refractivity contribution in [3.8, 4) is 11.1 Å². The number of fused-ring (bicyclic) bond motifs is 3. The maximum absolute atomic E-state index is 12.3. The number of hydrogen-bond donors (Lipinski definition) is 2. The Balaban J connectivity index is 1.38. The molecule has 1 aliphatic rings. The lowest BCUT2D eigenvalue weighted by Crippen LogP contribution is -2.13. The fraction of sp³-hybridized carbons (Fsp3) is 0.136. The highest BCUT2D eigenvalue weighted by Crippen LogP contribution is 2.37. The van der Waals surface area contributed by atoms with Crippen molar-refractivity contribution in [2.75, 3.05) is 5.32 Å². The Hall–Kier alpha value is -2.96. The predicted octanol–water partition coefficient (Wildman–Crippen LogP) is 3.48. The Kier molecular flexibility index (Phi) is 4.75. The summed E-state index contributed by atoms with van der Waals surface area (Å²) in [5.74, 6) is -0.0778. The molecule has 28 heavy (non-hydrogen) atoms. The second-order valence-corrected chi connectivity index (χ2v) is 8.50. The standard InChI is InChI=1S/C22H20N2O3S/c23-28(26,27)19-9-5-15(6-10-19)7-12-22(25)24-18-8-11-21-17(14-18)13-16-3-1-2-4-20(16)21/h1-6,8-11,14H,7,12-13H2,(H,24,25)(H2,23,26,27). The number of carbonyl (C=O) groups excluding carboxylic acids is 1. The number of hydrogen-bond acceptors (Lipinski definition) is 3. The molecule has 0 fully saturated rings. The highest BCUT2D eigenvalue weighted by atomic mass is 32.2. The van der Waals surface area contributed by atoms with Crippen LogP contribution in [0.15, 0.2) is 71.6 Å². The van der Waals surface area contributed by atoms with Crippen LogP contribution in [-0.4, -0.2) is 14.3 Å². The maximum Gasteiger partial charge on any atom is 0.238 e. The number of amides is 1. The van der Waals surface area contributed by atoms with Gasteiger partial charge in [0.15, 0.2) is 0 Å². The van der Waals surface area contributed by atoms with Crippen LogP contribution in [0.3, 0.4) is 0 Å². The van der Waals surface area contributed by atoms with Crippen molar-refractivity contribution < 1.29 is 13.2 Å². The minimum Gasteiger partial charge on any atom is -0.326 e. The van der Waals surface area contributed by atoms with Gasteiger partial charge in [0.1, 0.15) is 0 Å².